The second kappa shape index (κ2) is 3.94. The molecule has 2 aliphatic heterocycles. The van der Waals surface area contributed by atoms with Crippen molar-refractivity contribution in [3.05, 3.63) is 41.1 Å². The van der Waals surface area contributed by atoms with E-state index < -0.39 is 0 Å². The lowest BCUT2D eigenvalue weighted by molar-refractivity contribution is 0.511. The van der Waals surface area contributed by atoms with Crippen molar-refractivity contribution >= 4 is 0 Å². The Hall–Kier alpha value is -2.12. The zero-order valence-electron chi connectivity index (χ0n) is 10.5. The first-order valence-corrected chi connectivity index (χ1v) is 6.69. The number of fused-ring (bicyclic) bond motifs is 4. The summed E-state index contributed by atoms with van der Waals surface area (Å²) in [5.41, 5.74) is 5.43. The van der Waals surface area contributed by atoms with E-state index in [1.54, 1.807) is 0 Å². The van der Waals surface area contributed by atoms with Gasteiger partial charge in [-0.2, -0.15) is 10.4 Å². The predicted molar refractivity (Wildman–Crippen MR) is 71.3 cm³/mol. The molecule has 1 aromatic carbocycles. The molecule has 0 saturated carbocycles. The third-order valence-corrected chi connectivity index (χ3v) is 4.21. The van der Waals surface area contributed by atoms with Gasteiger partial charge in [0.25, 0.3) is 0 Å². The number of nitrogens with one attached hydrogen (secondary N) is 2. The number of benzene rings is 1. The van der Waals surface area contributed by atoms with Gasteiger partial charge in [0.1, 0.15) is 0 Å². The van der Waals surface area contributed by atoms with Crippen LogP contribution in [0.5, 0.6) is 0 Å². The number of nitrogens with zero attached hydrogens (tertiary/aromatic N) is 2. The Morgan fingerprint density at radius 1 is 1.21 bits per heavy atom. The maximum Gasteiger partial charge on any atom is 0.0991 e. The maximum absolute atomic E-state index is 8.85. The molecule has 0 spiro atoms. The molecule has 1 saturated heterocycles. The van der Waals surface area contributed by atoms with Crippen LogP contribution in [0.15, 0.2) is 24.3 Å². The molecule has 1 fully saturated rings. The van der Waals surface area contributed by atoms with Gasteiger partial charge in [0.05, 0.1) is 17.3 Å². The average Bonchev–Trinajstić information content (AvgIpc) is 3.05. The van der Waals surface area contributed by atoms with Crippen molar-refractivity contribution < 1.29 is 0 Å². The summed E-state index contributed by atoms with van der Waals surface area (Å²) in [6.45, 7) is 0. The first-order chi connectivity index (χ1) is 9.35. The van der Waals surface area contributed by atoms with Crippen molar-refractivity contribution in [1.29, 1.82) is 5.26 Å². The number of aromatic amines is 1. The Labute approximate surface area is 111 Å². The van der Waals surface area contributed by atoms with Crippen LogP contribution >= 0.6 is 0 Å². The first-order valence-electron chi connectivity index (χ1n) is 6.69. The fourth-order valence-corrected chi connectivity index (χ4v) is 3.29. The van der Waals surface area contributed by atoms with E-state index in [4.69, 9.17) is 5.26 Å². The lowest BCUT2D eigenvalue weighted by Gasteiger charge is -2.21. The third-order valence-electron chi connectivity index (χ3n) is 4.21. The molecule has 0 amide bonds. The first kappa shape index (κ1) is 10.8. The van der Waals surface area contributed by atoms with Crippen molar-refractivity contribution in [3.8, 4) is 17.3 Å². The second-order valence-electron chi connectivity index (χ2n) is 5.35. The van der Waals surface area contributed by atoms with E-state index in [0.717, 1.165) is 17.7 Å². The monoisotopic (exact) mass is 250 g/mol. The van der Waals surface area contributed by atoms with Gasteiger partial charge in [0.2, 0.25) is 0 Å². The summed E-state index contributed by atoms with van der Waals surface area (Å²) in [5.74, 6) is 0. The number of H-pyrrole nitrogens is 1. The largest absolute Gasteiger partial charge is 0.307 e. The summed E-state index contributed by atoms with van der Waals surface area (Å²) >= 11 is 0. The Kier molecular flexibility index (Phi) is 2.23. The average molecular weight is 250 g/mol. The van der Waals surface area contributed by atoms with Crippen LogP contribution in [0, 0.1) is 11.3 Å². The van der Waals surface area contributed by atoms with Gasteiger partial charge in [-0.25, -0.2) is 0 Å². The van der Waals surface area contributed by atoms with E-state index in [1.165, 1.54) is 24.1 Å². The SMILES string of the molecule is N#Cc1ccc(-c2n[nH]c3c2[C@H]2CC[C@H](C3)N2)cc1. The summed E-state index contributed by atoms with van der Waals surface area (Å²) in [4.78, 5) is 0. The minimum atomic E-state index is 0.443. The molecule has 2 N–H and O–H groups in total. The lowest BCUT2D eigenvalue weighted by atomic mass is 9.96. The molecule has 2 aliphatic rings. The summed E-state index contributed by atoms with van der Waals surface area (Å²) in [5, 5.41) is 20.2. The van der Waals surface area contributed by atoms with Crippen molar-refractivity contribution in [2.75, 3.05) is 0 Å². The Morgan fingerprint density at radius 3 is 2.84 bits per heavy atom. The van der Waals surface area contributed by atoms with E-state index in [2.05, 4.69) is 21.6 Å². The van der Waals surface area contributed by atoms with Crippen molar-refractivity contribution in [2.45, 2.75) is 31.3 Å². The van der Waals surface area contributed by atoms with Gasteiger partial charge in [-0.3, -0.25) is 5.10 Å². The molecule has 94 valence electrons. The summed E-state index contributed by atoms with van der Waals surface area (Å²) in [6.07, 6.45) is 3.50. The molecule has 0 radical (unpaired) electrons. The van der Waals surface area contributed by atoms with Crippen molar-refractivity contribution in [1.82, 2.24) is 15.5 Å². The smallest absolute Gasteiger partial charge is 0.0991 e. The van der Waals surface area contributed by atoms with E-state index in [-0.39, 0.29) is 0 Å². The minimum absolute atomic E-state index is 0.443. The van der Waals surface area contributed by atoms with E-state index in [1.807, 2.05) is 24.3 Å². The zero-order valence-corrected chi connectivity index (χ0v) is 10.5. The van der Waals surface area contributed by atoms with Gasteiger partial charge in [-0.15, -0.1) is 0 Å². The fraction of sp³-hybridized carbons (Fsp3) is 0.333. The highest BCUT2D eigenvalue weighted by molar-refractivity contribution is 5.66. The van der Waals surface area contributed by atoms with Crippen LogP contribution in [0.25, 0.3) is 11.3 Å². The van der Waals surface area contributed by atoms with E-state index in [0.29, 0.717) is 17.6 Å². The molecule has 2 aromatic rings. The Balaban J connectivity index is 1.80. The van der Waals surface area contributed by atoms with Gasteiger partial charge < -0.3 is 5.32 Å². The Bertz CT molecular complexity index is 662. The normalized spacial score (nSPS) is 23.9. The topological polar surface area (TPSA) is 64.5 Å². The molecule has 0 aliphatic carbocycles. The lowest BCUT2D eigenvalue weighted by Crippen LogP contribution is -2.31. The molecule has 19 heavy (non-hydrogen) atoms. The van der Waals surface area contributed by atoms with Crippen molar-refractivity contribution in [2.24, 2.45) is 0 Å². The molecule has 1 aromatic heterocycles. The maximum atomic E-state index is 8.85. The minimum Gasteiger partial charge on any atom is -0.307 e. The number of nitriles is 1. The highest BCUT2D eigenvalue weighted by atomic mass is 15.2. The van der Waals surface area contributed by atoms with Crippen LogP contribution in [0.3, 0.4) is 0 Å². The molecule has 4 nitrogen and oxygen atoms in total. The fourth-order valence-electron chi connectivity index (χ4n) is 3.29. The van der Waals surface area contributed by atoms with E-state index in [9.17, 15) is 0 Å². The number of rotatable bonds is 1. The van der Waals surface area contributed by atoms with Gasteiger partial charge >= 0.3 is 0 Å². The third kappa shape index (κ3) is 1.59. The van der Waals surface area contributed by atoms with Gasteiger partial charge in [-0.05, 0) is 25.0 Å². The van der Waals surface area contributed by atoms with Crippen LogP contribution in [0.2, 0.25) is 0 Å². The summed E-state index contributed by atoms with van der Waals surface area (Å²) in [6, 6.07) is 10.9. The van der Waals surface area contributed by atoms with Crippen LogP contribution in [0.4, 0.5) is 0 Å². The van der Waals surface area contributed by atoms with Crippen LogP contribution in [-0.2, 0) is 6.42 Å². The standard InChI is InChI=1S/C15H14N4/c16-8-9-1-3-10(4-2-9)15-14-12-6-5-11(17-12)7-13(14)18-19-15/h1-4,11-12,17H,5-7H2,(H,18,19)/t11-,12-/m1/s1. The van der Waals surface area contributed by atoms with Gasteiger partial charge in [-0.1, -0.05) is 12.1 Å². The van der Waals surface area contributed by atoms with Gasteiger partial charge in [0, 0.05) is 35.3 Å². The Morgan fingerprint density at radius 2 is 2.05 bits per heavy atom. The molecule has 4 heteroatoms. The van der Waals surface area contributed by atoms with E-state index >= 15 is 0 Å². The molecule has 2 bridgehead atoms. The van der Waals surface area contributed by atoms with Crippen molar-refractivity contribution in [3.63, 3.8) is 0 Å². The quantitative estimate of drug-likeness (QED) is 0.816. The zero-order chi connectivity index (χ0) is 12.8. The highest BCUT2D eigenvalue weighted by Gasteiger charge is 2.35. The molecular weight excluding hydrogens is 236 g/mol. The molecule has 0 unspecified atom stereocenters. The van der Waals surface area contributed by atoms with Crippen LogP contribution in [-0.4, -0.2) is 16.2 Å². The number of aromatic nitrogens is 2. The predicted octanol–water partition coefficient (Wildman–Crippen LogP) is 2.30. The van der Waals surface area contributed by atoms with Gasteiger partial charge in [0.15, 0.2) is 0 Å². The van der Waals surface area contributed by atoms with Crippen LogP contribution < -0.4 is 5.32 Å². The molecule has 2 atom stereocenters. The van der Waals surface area contributed by atoms with Crippen LogP contribution in [0.1, 0.15) is 35.7 Å². The molecule has 4 rings (SSSR count). The summed E-state index contributed by atoms with van der Waals surface area (Å²) in [7, 11) is 0. The molecular formula is C15H14N4. The summed E-state index contributed by atoms with van der Waals surface area (Å²) < 4.78 is 0. The number of hydrogen-bond donors (Lipinski definition) is 2. The second-order valence-corrected chi connectivity index (χ2v) is 5.35. The molecule has 3 heterocycles. The highest BCUT2D eigenvalue weighted by Crippen LogP contribution is 2.39. The number of hydrogen-bond acceptors (Lipinski definition) is 3.